The molecule has 3 aromatic rings. The van der Waals surface area contributed by atoms with Crippen LogP contribution in [0.4, 0.5) is 0 Å². The van der Waals surface area contributed by atoms with E-state index in [0.29, 0.717) is 13.1 Å². The van der Waals surface area contributed by atoms with Crippen molar-refractivity contribution in [1.82, 2.24) is 9.88 Å². The van der Waals surface area contributed by atoms with Crippen LogP contribution in [0, 0.1) is 20.8 Å². The van der Waals surface area contributed by atoms with Gasteiger partial charge >= 0.3 is 0 Å². The third-order valence-corrected chi connectivity index (χ3v) is 4.91. The van der Waals surface area contributed by atoms with E-state index in [-0.39, 0.29) is 5.91 Å². The number of hydrogen-bond donors (Lipinski definition) is 1. The predicted molar refractivity (Wildman–Crippen MR) is 103 cm³/mol. The van der Waals surface area contributed by atoms with Gasteiger partial charge in [-0.1, -0.05) is 36.8 Å². The number of amides is 1. The summed E-state index contributed by atoms with van der Waals surface area (Å²) in [6.07, 6.45) is 2.53. The van der Waals surface area contributed by atoms with Crippen LogP contribution in [-0.2, 0) is 19.5 Å². The Morgan fingerprint density at radius 2 is 1.96 bits per heavy atom. The van der Waals surface area contributed by atoms with Gasteiger partial charge in [-0.25, -0.2) is 0 Å². The normalized spacial score (nSPS) is 10.9. The maximum absolute atomic E-state index is 12.9. The smallest absolute Gasteiger partial charge is 0.268 e. The summed E-state index contributed by atoms with van der Waals surface area (Å²) in [6, 6.07) is 12.1. The molecule has 4 nitrogen and oxygen atoms in total. The van der Waals surface area contributed by atoms with Gasteiger partial charge in [-0.2, -0.15) is 0 Å². The minimum absolute atomic E-state index is 0.0608. The minimum Gasteiger partial charge on any atom is -0.467 e. The fourth-order valence-electron chi connectivity index (χ4n) is 3.62. The number of nitrogens with zero attached hydrogens (tertiary/aromatic N) is 1. The first kappa shape index (κ1) is 18.1. The van der Waals surface area contributed by atoms with Gasteiger partial charge in [0.1, 0.15) is 11.5 Å². The molecule has 1 aromatic carbocycles. The zero-order valence-corrected chi connectivity index (χ0v) is 15.9. The number of rotatable bonds is 6. The topological polar surface area (TPSA) is 47.2 Å². The van der Waals surface area contributed by atoms with Crippen LogP contribution in [0.3, 0.4) is 0 Å². The van der Waals surface area contributed by atoms with Gasteiger partial charge in [0.25, 0.3) is 5.91 Å². The summed E-state index contributed by atoms with van der Waals surface area (Å²) >= 11 is 0. The van der Waals surface area contributed by atoms with Crippen LogP contribution in [0.2, 0.25) is 0 Å². The number of aryl methyl sites for hydroxylation is 1. The molecule has 2 heterocycles. The second-order valence-corrected chi connectivity index (χ2v) is 6.73. The largest absolute Gasteiger partial charge is 0.467 e. The van der Waals surface area contributed by atoms with Crippen molar-refractivity contribution in [3.63, 3.8) is 0 Å². The lowest BCUT2D eigenvalue weighted by molar-refractivity contribution is 0.0938. The Balaban J connectivity index is 1.93. The van der Waals surface area contributed by atoms with E-state index in [1.807, 2.05) is 19.1 Å². The molecule has 1 N–H and O–H groups in total. The van der Waals surface area contributed by atoms with Crippen LogP contribution < -0.4 is 5.32 Å². The molecule has 26 heavy (non-hydrogen) atoms. The van der Waals surface area contributed by atoms with E-state index >= 15 is 0 Å². The molecule has 0 radical (unpaired) electrons. The molecule has 0 aliphatic heterocycles. The van der Waals surface area contributed by atoms with Gasteiger partial charge < -0.3 is 14.3 Å². The van der Waals surface area contributed by atoms with E-state index in [1.54, 1.807) is 6.26 Å². The van der Waals surface area contributed by atoms with E-state index in [4.69, 9.17) is 4.42 Å². The molecule has 136 valence electrons. The molecular weight excluding hydrogens is 324 g/mol. The highest BCUT2D eigenvalue weighted by Crippen LogP contribution is 2.24. The summed E-state index contributed by atoms with van der Waals surface area (Å²) in [6.45, 7) is 9.45. The van der Waals surface area contributed by atoms with Crippen LogP contribution in [0.5, 0.6) is 0 Å². The van der Waals surface area contributed by atoms with Crippen LogP contribution in [-0.4, -0.2) is 10.5 Å². The van der Waals surface area contributed by atoms with Gasteiger partial charge in [0.2, 0.25) is 0 Å². The minimum atomic E-state index is -0.0608. The molecule has 0 unspecified atom stereocenters. The van der Waals surface area contributed by atoms with Gasteiger partial charge in [0, 0.05) is 12.2 Å². The van der Waals surface area contributed by atoms with E-state index in [1.165, 1.54) is 16.7 Å². The van der Waals surface area contributed by atoms with Gasteiger partial charge in [-0.05, 0) is 56.0 Å². The Hall–Kier alpha value is -2.75. The van der Waals surface area contributed by atoms with E-state index in [9.17, 15) is 4.79 Å². The van der Waals surface area contributed by atoms with Crippen LogP contribution in [0.15, 0.2) is 47.1 Å². The summed E-state index contributed by atoms with van der Waals surface area (Å²) < 4.78 is 7.46. The SMILES string of the molecule is CCc1c(C)c(C(=O)NCc2ccco2)n(Cc2cccc(C)c2)c1C. The molecule has 0 aliphatic carbocycles. The number of nitrogens with one attached hydrogen (secondary N) is 1. The standard InChI is InChI=1S/C22H26N2O2/c1-5-20-16(3)21(22(25)23-13-19-10-7-11-26-19)24(17(20)4)14-18-9-6-8-15(2)12-18/h6-12H,5,13-14H2,1-4H3,(H,23,25). The zero-order valence-electron chi connectivity index (χ0n) is 15.9. The highest BCUT2D eigenvalue weighted by Gasteiger charge is 2.22. The average molecular weight is 350 g/mol. The quantitative estimate of drug-likeness (QED) is 0.709. The summed E-state index contributed by atoms with van der Waals surface area (Å²) in [5.74, 6) is 0.689. The highest BCUT2D eigenvalue weighted by atomic mass is 16.3. The second-order valence-electron chi connectivity index (χ2n) is 6.73. The first-order valence-corrected chi connectivity index (χ1v) is 9.06. The number of aromatic nitrogens is 1. The molecule has 1 amide bonds. The van der Waals surface area contributed by atoms with Crippen molar-refractivity contribution in [2.45, 2.75) is 47.2 Å². The molecule has 0 saturated carbocycles. The van der Waals surface area contributed by atoms with Crippen LogP contribution in [0.25, 0.3) is 0 Å². The van der Waals surface area contributed by atoms with E-state index in [2.05, 4.69) is 54.9 Å². The maximum atomic E-state index is 12.9. The lowest BCUT2D eigenvalue weighted by Crippen LogP contribution is -2.26. The number of carbonyl (C=O) groups is 1. The van der Waals surface area contributed by atoms with Gasteiger partial charge in [-0.15, -0.1) is 0 Å². The van der Waals surface area contributed by atoms with Gasteiger partial charge in [0.05, 0.1) is 12.8 Å². The Kier molecular flexibility index (Phi) is 5.31. The molecule has 0 bridgehead atoms. The fraction of sp³-hybridized carbons (Fsp3) is 0.318. The molecular formula is C22H26N2O2. The van der Waals surface area contributed by atoms with Gasteiger partial charge in [0.15, 0.2) is 0 Å². The number of furan rings is 1. The van der Waals surface area contributed by atoms with E-state index in [0.717, 1.165) is 29.1 Å². The summed E-state index contributed by atoms with van der Waals surface area (Å²) in [5.41, 5.74) is 6.65. The van der Waals surface area contributed by atoms with Crippen LogP contribution in [0.1, 0.15) is 51.1 Å². The molecule has 0 saturated heterocycles. The van der Waals surface area contributed by atoms with Crippen molar-refractivity contribution in [1.29, 1.82) is 0 Å². The maximum Gasteiger partial charge on any atom is 0.268 e. The third-order valence-electron chi connectivity index (χ3n) is 4.91. The fourth-order valence-corrected chi connectivity index (χ4v) is 3.62. The molecule has 0 atom stereocenters. The Bertz CT molecular complexity index is 905. The third kappa shape index (κ3) is 3.59. The summed E-state index contributed by atoms with van der Waals surface area (Å²) in [7, 11) is 0. The first-order chi connectivity index (χ1) is 12.5. The highest BCUT2D eigenvalue weighted by molar-refractivity contribution is 5.95. The lowest BCUT2D eigenvalue weighted by Gasteiger charge is -2.13. The lowest BCUT2D eigenvalue weighted by atomic mass is 10.1. The van der Waals surface area contributed by atoms with Gasteiger partial charge in [-0.3, -0.25) is 4.79 Å². The monoisotopic (exact) mass is 350 g/mol. The van der Waals surface area contributed by atoms with Crippen molar-refractivity contribution >= 4 is 5.91 Å². The Morgan fingerprint density at radius 3 is 2.62 bits per heavy atom. The Labute approximate surface area is 154 Å². The van der Waals surface area contributed by atoms with Crippen molar-refractivity contribution in [2.75, 3.05) is 0 Å². The number of carbonyl (C=O) groups excluding carboxylic acids is 1. The molecule has 0 fully saturated rings. The number of benzene rings is 1. The average Bonchev–Trinajstić information content (AvgIpc) is 3.20. The molecule has 2 aromatic heterocycles. The molecule has 3 rings (SSSR count). The summed E-state index contributed by atoms with van der Waals surface area (Å²) in [4.78, 5) is 12.9. The van der Waals surface area contributed by atoms with Crippen LogP contribution >= 0.6 is 0 Å². The molecule has 0 spiro atoms. The predicted octanol–water partition coefficient (Wildman–Crippen LogP) is 4.55. The first-order valence-electron chi connectivity index (χ1n) is 9.06. The van der Waals surface area contributed by atoms with E-state index < -0.39 is 0 Å². The van der Waals surface area contributed by atoms with Crippen molar-refractivity contribution in [2.24, 2.45) is 0 Å². The number of hydrogen-bond acceptors (Lipinski definition) is 2. The second kappa shape index (κ2) is 7.65. The van der Waals surface area contributed by atoms with Crippen molar-refractivity contribution in [3.05, 3.63) is 82.1 Å². The molecule has 4 heteroatoms. The van der Waals surface area contributed by atoms with Crippen molar-refractivity contribution in [3.8, 4) is 0 Å². The molecule has 0 aliphatic rings. The zero-order chi connectivity index (χ0) is 18.7. The Morgan fingerprint density at radius 1 is 1.15 bits per heavy atom. The van der Waals surface area contributed by atoms with Crippen molar-refractivity contribution < 1.29 is 9.21 Å². The summed E-state index contributed by atoms with van der Waals surface area (Å²) in [5, 5.41) is 2.99.